The Morgan fingerprint density at radius 3 is 2.83 bits per heavy atom. The van der Waals surface area contributed by atoms with E-state index in [2.05, 4.69) is 59.3 Å². The first-order valence-electron chi connectivity index (χ1n) is 7.54. The second kappa shape index (κ2) is 6.80. The van der Waals surface area contributed by atoms with E-state index in [0.717, 1.165) is 17.1 Å². The first-order chi connectivity index (χ1) is 11.2. The number of nitrogens with one attached hydrogen (secondary N) is 1. The van der Waals surface area contributed by atoms with Crippen molar-refractivity contribution in [2.45, 2.75) is 19.8 Å². The Kier molecular flexibility index (Phi) is 4.39. The smallest absolute Gasteiger partial charge is 0.131 e. The van der Waals surface area contributed by atoms with Gasteiger partial charge in [-0.2, -0.15) is 0 Å². The third-order valence-electron chi connectivity index (χ3n) is 3.42. The van der Waals surface area contributed by atoms with Crippen molar-refractivity contribution >= 4 is 11.5 Å². The van der Waals surface area contributed by atoms with Gasteiger partial charge in [0.25, 0.3) is 0 Å². The second-order valence-electron chi connectivity index (χ2n) is 5.54. The van der Waals surface area contributed by atoms with Gasteiger partial charge in [-0.1, -0.05) is 26.0 Å². The van der Waals surface area contributed by atoms with Gasteiger partial charge in [0, 0.05) is 35.9 Å². The topological polar surface area (TPSA) is 42.7 Å². The molecule has 0 atom stereocenters. The third-order valence-corrected chi connectivity index (χ3v) is 3.42. The van der Waals surface area contributed by atoms with E-state index in [-0.39, 0.29) is 0 Å². The first kappa shape index (κ1) is 14.9. The summed E-state index contributed by atoms with van der Waals surface area (Å²) in [4.78, 5) is 8.32. The van der Waals surface area contributed by atoms with Crippen LogP contribution in [-0.2, 0) is 0 Å². The van der Waals surface area contributed by atoms with Crippen LogP contribution in [0.1, 0.15) is 30.9 Å². The Hall–Kier alpha value is -3.06. The molecule has 0 aliphatic heterocycles. The fourth-order valence-corrected chi connectivity index (χ4v) is 2.15. The van der Waals surface area contributed by atoms with E-state index in [1.54, 1.807) is 23.3 Å². The zero-order valence-electron chi connectivity index (χ0n) is 13.2. The van der Waals surface area contributed by atoms with Crippen LogP contribution in [0.4, 0.5) is 11.5 Å². The normalized spacial score (nSPS) is 10.2. The molecule has 0 radical (unpaired) electrons. The van der Waals surface area contributed by atoms with Crippen molar-refractivity contribution in [3.8, 4) is 12.0 Å². The summed E-state index contributed by atoms with van der Waals surface area (Å²) in [5.74, 6) is 4.37. The number of rotatable bonds is 3. The number of aromatic nitrogens is 3. The van der Waals surface area contributed by atoms with Gasteiger partial charge in [-0.05, 0) is 41.7 Å². The predicted octanol–water partition coefficient (Wildman–Crippen LogP) is 4.00. The van der Waals surface area contributed by atoms with Gasteiger partial charge in [0.2, 0.25) is 0 Å². The SMILES string of the molecule is CC(C)c1cccc(Nc2cc(C#Cn3ccnc3)ccn2)c1. The molecule has 0 spiro atoms. The standard InChI is InChI=1S/C19H18N4/c1-15(2)17-4-3-5-18(13-17)22-19-12-16(6-8-21-19)7-10-23-11-9-20-14-23/h3-6,8-9,11-15H,1-2H3,(H,21,22). The summed E-state index contributed by atoms with van der Waals surface area (Å²) in [5.41, 5.74) is 3.23. The van der Waals surface area contributed by atoms with Gasteiger partial charge < -0.3 is 5.32 Å². The molecule has 2 aromatic heterocycles. The summed E-state index contributed by atoms with van der Waals surface area (Å²) in [6.07, 6.45) is 6.94. The molecule has 0 aliphatic rings. The van der Waals surface area contributed by atoms with E-state index in [1.807, 2.05) is 24.4 Å². The lowest BCUT2D eigenvalue weighted by Crippen LogP contribution is -1.95. The molecule has 0 fully saturated rings. The average Bonchev–Trinajstić information content (AvgIpc) is 3.07. The zero-order valence-corrected chi connectivity index (χ0v) is 13.2. The number of benzene rings is 1. The predicted molar refractivity (Wildman–Crippen MR) is 92.6 cm³/mol. The maximum Gasteiger partial charge on any atom is 0.131 e. The van der Waals surface area contributed by atoms with Crippen molar-refractivity contribution in [1.29, 1.82) is 0 Å². The Morgan fingerprint density at radius 2 is 2.04 bits per heavy atom. The summed E-state index contributed by atoms with van der Waals surface area (Å²) in [7, 11) is 0. The van der Waals surface area contributed by atoms with Crippen molar-refractivity contribution in [2.75, 3.05) is 5.32 Å². The van der Waals surface area contributed by atoms with Gasteiger partial charge in [0.1, 0.15) is 12.1 Å². The molecule has 0 saturated carbocycles. The Balaban J connectivity index is 1.79. The fourth-order valence-electron chi connectivity index (χ4n) is 2.15. The number of hydrogen-bond acceptors (Lipinski definition) is 3. The fraction of sp³-hybridized carbons (Fsp3) is 0.158. The van der Waals surface area contributed by atoms with Gasteiger partial charge >= 0.3 is 0 Å². The highest BCUT2D eigenvalue weighted by Gasteiger charge is 2.01. The molecular formula is C19H18N4. The summed E-state index contributed by atoms with van der Waals surface area (Å²) < 4.78 is 1.72. The van der Waals surface area contributed by atoms with E-state index < -0.39 is 0 Å². The molecule has 0 unspecified atom stereocenters. The lowest BCUT2D eigenvalue weighted by atomic mass is 10.0. The van der Waals surface area contributed by atoms with E-state index >= 15 is 0 Å². The quantitative estimate of drug-likeness (QED) is 0.744. The van der Waals surface area contributed by atoms with Crippen molar-refractivity contribution in [1.82, 2.24) is 14.5 Å². The summed E-state index contributed by atoms with van der Waals surface area (Å²) >= 11 is 0. The van der Waals surface area contributed by atoms with Crippen LogP contribution >= 0.6 is 0 Å². The highest BCUT2D eigenvalue weighted by Crippen LogP contribution is 2.21. The highest BCUT2D eigenvalue weighted by molar-refractivity contribution is 5.58. The van der Waals surface area contributed by atoms with Crippen LogP contribution in [0.5, 0.6) is 0 Å². The number of anilines is 2. The van der Waals surface area contributed by atoms with E-state index in [1.165, 1.54) is 5.56 Å². The van der Waals surface area contributed by atoms with Gasteiger partial charge in [0.15, 0.2) is 0 Å². The Bertz CT molecular complexity index is 839. The van der Waals surface area contributed by atoms with Crippen LogP contribution in [0.25, 0.3) is 0 Å². The van der Waals surface area contributed by atoms with Crippen LogP contribution in [0, 0.1) is 12.0 Å². The molecule has 1 N–H and O–H groups in total. The van der Waals surface area contributed by atoms with Crippen molar-refractivity contribution in [2.24, 2.45) is 0 Å². The minimum atomic E-state index is 0.497. The number of imidazole rings is 1. The first-order valence-corrected chi connectivity index (χ1v) is 7.54. The van der Waals surface area contributed by atoms with Gasteiger partial charge in [-0.3, -0.25) is 4.57 Å². The lowest BCUT2D eigenvalue weighted by Gasteiger charge is -2.10. The Labute approximate surface area is 136 Å². The van der Waals surface area contributed by atoms with Crippen molar-refractivity contribution in [3.63, 3.8) is 0 Å². The molecule has 4 nitrogen and oxygen atoms in total. The highest BCUT2D eigenvalue weighted by atomic mass is 15.0. The molecule has 0 aliphatic carbocycles. The summed E-state index contributed by atoms with van der Waals surface area (Å²) in [6, 6.07) is 15.2. The Morgan fingerprint density at radius 1 is 1.13 bits per heavy atom. The maximum atomic E-state index is 4.36. The zero-order chi connectivity index (χ0) is 16.1. The van der Waals surface area contributed by atoms with Crippen LogP contribution in [0.3, 0.4) is 0 Å². The molecule has 0 saturated heterocycles. The van der Waals surface area contributed by atoms with Gasteiger partial charge in [-0.25, -0.2) is 9.97 Å². The number of hydrogen-bond donors (Lipinski definition) is 1. The van der Waals surface area contributed by atoms with Gasteiger partial charge in [0.05, 0.1) is 0 Å². The molecule has 3 aromatic rings. The molecular weight excluding hydrogens is 284 g/mol. The van der Waals surface area contributed by atoms with Crippen LogP contribution < -0.4 is 5.32 Å². The molecule has 0 bridgehead atoms. The largest absolute Gasteiger partial charge is 0.340 e. The molecule has 3 rings (SSSR count). The molecule has 4 heteroatoms. The molecule has 23 heavy (non-hydrogen) atoms. The number of nitrogens with zero attached hydrogens (tertiary/aromatic N) is 3. The second-order valence-corrected chi connectivity index (χ2v) is 5.54. The van der Waals surface area contributed by atoms with Crippen LogP contribution in [-0.4, -0.2) is 14.5 Å². The minimum absolute atomic E-state index is 0.497. The van der Waals surface area contributed by atoms with E-state index in [9.17, 15) is 0 Å². The van der Waals surface area contributed by atoms with E-state index in [0.29, 0.717) is 5.92 Å². The van der Waals surface area contributed by atoms with Crippen molar-refractivity contribution < 1.29 is 0 Å². The third kappa shape index (κ3) is 3.98. The summed E-state index contributed by atoms with van der Waals surface area (Å²) in [6.45, 7) is 4.37. The average molecular weight is 302 g/mol. The molecule has 2 heterocycles. The molecule has 114 valence electrons. The monoisotopic (exact) mass is 302 g/mol. The minimum Gasteiger partial charge on any atom is -0.340 e. The number of pyridine rings is 1. The molecule has 1 aromatic carbocycles. The maximum absolute atomic E-state index is 4.36. The van der Waals surface area contributed by atoms with E-state index in [4.69, 9.17) is 0 Å². The lowest BCUT2D eigenvalue weighted by molar-refractivity contribution is 0.867. The van der Waals surface area contributed by atoms with Gasteiger partial charge in [-0.15, -0.1) is 0 Å². The molecule has 0 amide bonds. The van der Waals surface area contributed by atoms with Crippen LogP contribution in [0.15, 0.2) is 61.3 Å². The van der Waals surface area contributed by atoms with Crippen molar-refractivity contribution in [3.05, 3.63) is 72.4 Å². The van der Waals surface area contributed by atoms with Crippen LogP contribution in [0.2, 0.25) is 0 Å². The summed E-state index contributed by atoms with van der Waals surface area (Å²) in [5, 5.41) is 3.33.